The summed E-state index contributed by atoms with van der Waals surface area (Å²) < 4.78 is 14.1. The molecule has 0 aliphatic carbocycles. The minimum Gasteiger partial charge on any atom is -0.493 e. The minimum atomic E-state index is -0.277. The van der Waals surface area contributed by atoms with Crippen LogP contribution in [0.3, 0.4) is 0 Å². The molecule has 0 spiro atoms. The fourth-order valence-electron chi connectivity index (χ4n) is 4.29. The number of aromatic hydroxyl groups is 1. The van der Waals surface area contributed by atoms with Crippen molar-refractivity contribution < 1.29 is 14.6 Å². The molecule has 2 aromatic heterocycles. The molecule has 2 atom stereocenters. The van der Waals surface area contributed by atoms with Crippen LogP contribution in [0.15, 0.2) is 17.4 Å². The van der Waals surface area contributed by atoms with Crippen LogP contribution in [0.5, 0.6) is 5.88 Å². The Morgan fingerprint density at radius 3 is 2.90 bits per heavy atom. The van der Waals surface area contributed by atoms with Gasteiger partial charge in [-0.3, -0.25) is 0 Å². The molecule has 0 radical (unpaired) electrons. The van der Waals surface area contributed by atoms with E-state index in [0.29, 0.717) is 22.2 Å². The molecule has 1 aromatic carbocycles. The molecule has 158 valence electrons. The highest BCUT2D eigenvalue weighted by Crippen LogP contribution is 2.42. The van der Waals surface area contributed by atoms with Crippen LogP contribution in [-0.4, -0.2) is 37.7 Å². The monoisotopic (exact) mass is 446 g/mol. The van der Waals surface area contributed by atoms with Gasteiger partial charge in [0, 0.05) is 24.0 Å². The van der Waals surface area contributed by atoms with E-state index in [1.165, 1.54) is 11.8 Å². The number of ether oxygens (including phenoxy) is 2. The zero-order chi connectivity index (χ0) is 20.8. The highest BCUT2D eigenvalue weighted by molar-refractivity contribution is 7.98. The summed E-state index contributed by atoms with van der Waals surface area (Å²) in [6.45, 7) is 3.00. The lowest BCUT2D eigenvalue weighted by atomic mass is 9.95. The van der Waals surface area contributed by atoms with Gasteiger partial charge >= 0.3 is 0 Å². The maximum Gasteiger partial charge on any atom is 0.220 e. The lowest BCUT2D eigenvalue weighted by Gasteiger charge is -2.27. The van der Waals surface area contributed by atoms with Crippen molar-refractivity contribution >= 4 is 34.3 Å². The Morgan fingerprint density at radius 2 is 2.13 bits per heavy atom. The number of thioether (sulfide) groups is 1. The van der Waals surface area contributed by atoms with E-state index in [9.17, 15) is 5.11 Å². The van der Waals surface area contributed by atoms with E-state index in [0.717, 1.165) is 53.6 Å². The van der Waals surface area contributed by atoms with E-state index in [-0.39, 0.29) is 24.8 Å². The molecule has 4 heterocycles. The van der Waals surface area contributed by atoms with Crippen molar-refractivity contribution in [3.8, 4) is 5.88 Å². The van der Waals surface area contributed by atoms with Gasteiger partial charge in [-0.25, -0.2) is 9.67 Å². The number of halogens is 1. The maximum absolute atomic E-state index is 10.2. The number of benzene rings is 1. The molecule has 2 unspecified atom stereocenters. The number of hydrogen-bond donors (Lipinski definition) is 1. The van der Waals surface area contributed by atoms with Crippen LogP contribution in [-0.2, 0) is 22.5 Å². The third kappa shape index (κ3) is 3.36. The highest BCUT2D eigenvalue weighted by atomic mass is 35.5. The number of nitrogens with zero attached hydrogens (tertiary/aromatic N) is 4. The summed E-state index contributed by atoms with van der Waals surface area (Å²) in [6, 6.07) is 2.07. The Kier molecular flexibility index (Phi) is 5.35. The van der Waals surface area contributed by atoms with Crippen molar-refractivity contribution in [2.24, 2.45) is 0 Å². The van der Waals surface area contributed by atoms with Crippen molar-refractivity contribution in [1.82, 2.24) is 19.7 Å². The van der Waals surface area contributed by atoms with Crippen molar-refractivity contribution in [3.05, 3.63) is 39.7 Å². The predicted octanol–water partition coefficient (Wildman–Crippen LogP) is 4.73. The highest BCUT2D eigenvalue weighted by Gasteiger charge is 2.30. The molecule has 3 aromatic rings. The Bertz CT molecular complexity index is 1110. The number of rotatable bonds is 3. The second kappa shape index (κ2) is 8.00. The summed E-state index contributed by atoms with van der Waals surface area (Å²) in [4.78, 5) is 8.72. The van der Waals surface area contributed by atoms with E-state index >= 15 is 0 Å². The fourth-order valence-corrected chi connectivity index (χ4v) is 4.95. The Labute approximate surface area is 183 Å². The first kappa shape index (κ1) is 20.1. The number of hydrogen-bond acceptors (Lipinski definition) is 7. The zero-order valence-electron chi connectivity index (χ0n) is 16.9. The Balaban J connectivity index is 1.58. The normalized spacial score (nSPS) is 21.7. The average Bonchev–Trinajstić information content (AvgIpc) is 3.17. The first-order chi connectivity index (χ1) is 14.6. The van der Waals surface area contributed by atoms with Gasteiger partial charge in [-0.05, 0) is 44.1 Å². The summed E-state index contributed by atoms with van der Waals surface area (Å²) in [5.41, 5.74) is 4.35. The van der Waals surface area contributed by atoms with Crippen LogP contribution < -0.4 is 0 Å². The third-order valence-electron chi connectivity index (χ3n) is 5.85. The van der Waals surface area contributed by atoms with Crippen molar-refractivity contribution in [1.29, 1.82) is 0 Å². The number of fused-ring (bicyclic) bond motifs is 2. The van der Waals surface area contributed by atoms with Crippen LogP contribution in [0.4, 0.5) is 0 Å². The number of aryl methyl sites for hydroxylation is 1. The Morgan fingerprint density at radius 1 is 1.27 bits per heavy atom. The van der Waals surface area contributed by atoms with Gasteiger partial charge < -0.3 is 14.6 Å². The van der Waals surface area contributed by atoms with Crippen LogP contribution in [0, 0.1) is 6.92 Å². The standard InChI is InChI=1S/C21H23ClN4O3S/c1-11-7-15-12(9-23-26(15)17-5-3-4-6-28-17)18(19(11)22)16-8-14-13(10-29-16)20(27)25-21(24-14)30-2/h7,9,16-17H,3-6,8,10H2,1-2H3,(H,24,25,27). The summed E-state index contributed by atoms with van der Waals surface area (Å²) in [5, 5.41) is 17.1. The molecule has 1 N–H and O–H groups in total. The summed E-state index contributed by atoms with van der Waals surface area (Å²) in [6.07, 6.45) is 7.12. The molecule has 0 saturated carbocycles. The quantitative estimate of drug-likeness (QED) is 0.460. The SMILES string of the molecule is CSc1nc(O)c2c(n1)CC(c1c(Cl)c(C)cc3c1cnn3C1CCCCO1)OC2. The first-order valence-corrected chi connectivity index (χ1v) is 11.7. The van der Waals surface area contributed by atoms with Gasteiger partial charge in [-0.1, -0.05) is 23.4 Å². The van der Waals surface area contributed by atoms with E-state index in [4.69, 9.17) is 21.1 Å². The largest absolute Gasteiger partial charge is 0.493 e. The predicted molar refractivity (Wildman–Crippen MR) is 115 cm³/mol. The van der Waals surface area contributed by atoms with Crippen LogP contribution >= 0.6 is 23.4 Å². The summed E-state index contributed by atoms with van der Waals surface area (Å²) in [5.74, 6) is -0.00875. The molecule has 9 heteroatoms. The lowest BCUT2D eigenvalue weighted by molar-refractivity contribution is -0.0366. The van der Waals surface area contributed by atoms with Gasteiger partial charge in [0.25, 0.3) is 0 Å². The maximum atomic E-state index is 10.2. The second-order valence-electron chi connectivity index (χ2n) is 7.73. The van der Waals surface area contributed by atoms with Crippen molar-refractivity contribution in [2.75, 3.05) is 12.9 Å². The summed E-state index contributed by atoms with van der Waals surface area (Å²) >= 11 is 8.19. The molecular weight excluding hydrogens is 424 g/mol. The Hall–Kier alpha value is -1.87. The summed E-state index contributed by atoms with van der Waals surface area (Å²) in [7, 11) is 0. The van der Waals surface area contributed by atoms with Gasteiger partial charge in [0.15, 0.2) is 11.4 Å². The van der Waals surface area contributed by atoms with Crippen LogP contribution in [0.2, 0.25) is 5.02 Å². The van der Waals surface area contributed by atoms with E-state index < -0.39 is 0 Å². The molecule has 7 nitrogen and oxygen atoms in total. The average molecular weight is 447 g/mol. The van der Waals surface area contributed by atoms with Crippen LogP contribution in [0.1, 0.15) is 54.0 Å². The van der Waals surface area contributed by atoms with E-state index in [1.807, 2.05) is 24.1 Å². The first-order valence-electron chi connectivity index (χ1n) is 10.1. The molecule has 30 heavy (non-hydrogen) atoms. The minimum absolute atomic E-state index is 0.00875. The number of aromatic nitrogens is 4. The van der Waals surface area contributed by atoms with Gasteiger partial charge in [0.05, 0.1) is 40.7 Å². The van der Waals surface area contributed by atoms with E-state index in [2.05, 4.69) is 21.1 Å². The van der Waals surface area contributed by atoms with Crippen molar-refractivity contribution in [3.63, 3.8) is 0 Å². The molecular formula is C21H23ClN4O3S. The van der Waals surface area contributed by atoms with Gasteiger partial charge in [0.1, 0.15) is 0 Å². The smallest absolute Gasteiger partial charge is 0.220 e. The second-order valence-corrected chi connectivity index (χ2v) is 8.88. The van der Waals surface area contributed by atoms with Crippen molar-refractivity contribution in [2.45, 2.75) is 56.7 Å². The topological polar surface area (TPSA) is 82.3 Å². The van der Waals surface area contributed by atoms with Gasteiger partial charge in [-0.2, -0.15) is 10.1 Å². The third-order valence-corrected chi connectivity index (χ3v) is 6.90. The van der Waals surface area contributed by atoms with Gasteiger partial charge in [0.2, 0.25) is 5.88 Å². The lowest BCUT2D eigenvalue weighted by Crippen LogP contribution is -2.20. The van der Waals surface area contributed by atoms with E-state index in [1.54, 1.807) is 0 Å². The van der Waals surface area contributed by atoms with Crippen LogP contribution in [0.25, 0.3) is 10.9 Å². The van der Waals surface area contributed by atoms with Gasteiger partial charge in [-0.15, -0.1) is 0 Å². The molecule has 2 aliphatic heterocycles. The molecule has 1 fully saturated rings. The zero-order valence-corrected chi connectivity index (χ0v) is 18.5. The molecule has 0 bridgehead atoms. The molecule has 5 rings (SSSR count). The molecule has 1 saturated heterocycles. The fraction of sp³-hybridized carbons (Fsp3) is 0.476. The molecule has 2 aliphatic rings. The molecule has 0 amide bonds.